The summed E-state index contributed by atoms with van der Waals surface area (Å²) in [5.74, 6) is 1.83. The van der Waals surface area contributed by atoms with Crippen molar-refractivity contribution in [2.45, 2.75) is 68.6 Å². The van der Waals surface area contributed by atoms with E-state index in [1.165, 1.54) is 30.2 Å². The van der Waals surface area contributed by atoms with Crippen LogP contribution in [0.5, 0.6) is 5.75 Å². The van der Waals surface area contributed by atoms with Crippen molar-refractivity contribution >= 4 is 44.6 Å². The molecule has 0 aliphatic heterocycles. The monoisotopic (exact) mass is 571 g/mol. The molecule has 1 aliphatic rings. The predicted molar refractivity (Wildman–Crippen MR) is 159 cm³/mol. The maximum absolute atomic E-state index is 12.9. The smallest absolute Gasteiger partial charge is 0.229 e. The SMILES string of the molecule is COc1cc([C@H]2CC[C@@H](N(C)C)CC2)c(C)cc1Nc1ncc(Cl)c(Nc2ccccc2S(=O)(=O)C(C)C)n1. The summed E-state index contributed by atoms with van der Waals surface area (Å²) in [6.07, 6.45) is 6.17. The number of aryl methyl sites for hydroxylation is 1. The molecule has 39 heavy (non-hydrogen) atoms. The van der Waals surface area contributed by atoms with E-state index >= 15 is 0 Å². The lowest BCUT2D eigenvalue weighted by Crippen LogP contribution is -2.31. The van der Waals surface area contributed by atoms with Crippen LogP contribution in [0.15, 0.2) is 47.5 Å². The van der Waals surface area contributed by atoms with Crippen molar-refractivity contribution in [2.75, 3.05) is 31.8 Å². The lowest BCUT2D eigenvalue weighted by atomic mass is 9.80. The summed E-state index contributed by atoms with van der Waals surface area (Å²) < 4.78 is 31.5. The van der Waals surface area contributed by atoms with Crippen molar-refractivity contribution in [3.63, 3.8) is 0 Å². The number of aromatic nitrogens is 2. The molecule has 8 nitrogen and oxygen atoms in total. The molecule has 0 unspecified atom stereocenters. The second kappa shape index (κ2) is 12.1. The minimum absolute atomic E-state index is 0.191. The van der Waals surface area contributed by atoms with Gasteiger partial charge in [-0.2, -0.15) is 4.98 Å². The number of benzene rings is 2. The third-order valence-corrected chi connectivity index (χ3v) is 10.00. The summed E-state index contributed by atoms with van der Waals surface area (Å²) in [6.45, 7) is 5.43. The number of halogens is 1. The molecule has 1 aromatic heterocycles. The van der Waals surface area contributed by atoms with Gasteiger partial charge in [0.15, 0.2) is 15.7 Å². The molecule has 4 rings (SSSR count). The summed E-state index contributed by atoms with van der Waals surface area (Å²) in [6, 6.07) is 11.6. The number of anilines is 4. The molecule has 0 saturated heterocycles. The first-order valence-corrected chi connectivity index (χ1v) is 15.2. The van der Waals surface area contributed by atoms with E-state index < -0.39 is 15.1 Å². The summed E-state index contributed by atoms with van der Waals surface area (Å²) in [5, 5.41) is 6.06. The normalized spacial score (nSPS) is 17.9. The Balaban J connectivity index is 1.59. The third-order valence-electron chi connectivity index (χ3n) is 7.51. The van der Waals surface area contributed by atoms with E-state index in [1.54, 1.807) is 45.2 Å². The number of hydrogen-bond acceptors (Lipinski definition) is 8. The van der Waals surface area contributed by atoms with Crippen LogP contribution in [-0.2, 0) is 9.84 Å². The van der Waals surface area contributed by atoms with Gasteiger partial charge in [0.2, 0.25) is 5.95 Å². The Labute approximate surface area is 237 Å². The molecule has 0 spiro atoms. The van der Waals surface area contributed by atoms with Gasteiger partial charge in [-0.3, -0.25) is 0 Å². The number of para-hydroxylation sites is 1. The molecule has 1 heterocycles. The van der Waals surface area contributed by atoms with Gasteiger partial charge in [0.05, 0.1) is 34.8 Å². The standard InChI is InChI=1S/C29H38ClN5O3S/c1-18(2)39(36,37)27-10-8-7-9-24(27)32-28-23(30)17-31-29(34-28)33-25-15-19(3)22(16-26(25)38-6)20-11-13-21(14-12-20)35(4)5/h7-10,15-18,20-21H,11-14H2,1-6H3,(H2,31,32,33,34)/t20-,21+. The summed E-state index contributed by atoms with van der Waals surface area (Å²) in [4.78, 5) is 11.4. The molecule has 10 heteroatoms. The van der Waals surface area contributed by atoms with Gasteiger partial charge in [0.1, 0.15) is 10.8 Å². The zero-order valence-corrected chi connectivity index (χ0v) is 25.0. The summed E-state index contributed by atoms with van der Waals surface area (Å²) >= 11 is 6.41. The molecule has 3 aromatic rings. The zero-order chi connectivity index (χ0) is 28.3. The first-order valence-electron chi connectivity index (χ1n) is 13.3. The van der Waals surface area contributed by atoms with E-state index in [1.807, 2.05) is 0 Å². The lowest BCUT2D eigenvalue weighted by Gasteiger charge is -2.33. The van der Waals surface area contributed by atoms with Gasteiger partial charge in [0.25, 0.3) is 0 Å². The number of nitrogens with one attached hydrogen (secondary N) is 2. The maximum atomic E-state index is 12.9. The van der Waals surface area contributed by atoms with Crippen LogP contribution in [0, 0.1) is 6.92 Å². The van der Waals surface area contributed by atoms with Crippen molar-refractivity contribution in [3.8, 4) is 5.75 Å². The zero-order valence-electron chi connectivity index (χ0n) is 23.5. The average Bonchev–Trinajstić information content (AvgIpc) is 2.91. The average molecular weight is 572 g/mol. The fraction of sp³-hybridized carbons (Fsp3) is 0.448. The largest absolute Gasteiger partial charge is 0.495 e. The van der Waals surface area contributed by atoms with E-state index in [4.69, 9.17) is 16.3 Å². The first kappa shape index (κ1) is 29.1. The molecular formula is C29H38ClN5O3S. The van der Waals surface area contributed by atoms with Crippen LogP contribution in [-0.4, -0.2) is 55.8 Å². The second-order valence-electron chi connectivity index (χ2n) is 10.6. The number of ether oxygens (including phenoxy) is 1. The highest BCUT2D eigenvalue weighted by Crippen LogP contribution is 2.40. The number of nitrogens with zero attached hydrogens (tertiary/aromatic N) is 3. The predicted octanol–water partition coefficient (Wildman–Crippen LogP) is 6.70. The van der Waals surface area contributed by atoms with Crippen molar-refractivity contribution in [3.05, 3.63) is 58.7 Å². The number of methoxy groups -OCH3 is 1. The first-order chi connectivity index (χ1) is 18.5. The fourth-order valence-corrected chi connectivity index (χ4v) is 6.49. The molecule has 2 aromatic carbocycles. The molecule has 0 amide bonds. The van der Waals surface area contributed by atoms with Crippen LogP contribution < -0.4 is 15.4 Å². The minimum atomic E-state index is -3.52. The van der Waals surface area contributed by atoms with Gasteiger partial charge in [-0.25, -0.2) is 13.4 Å². The van der Waals surface area contributed by atoms with E-state index in [0.717, 1.165) is 18.5 Å². The molecule has 0 radical (unpaired) electrons. The molecule has 1 aliphatic carbocycles. The van der Waals surface area contributed by atoms with E-state index in [0.29, 0.717) is 35.2 Å². The van der Waals surface area contributed by atoms with Crippen LogP contribution in [0.2, 0.25) is 5.02 Å². The van der Waals surface area contributed by atoms with Gasteiger partial charge in [-0.15, -0.1) is 0 Å². The Hall–Kier alpha value is -2.88. The van der Waals surface area contributed by atoms with E-state index in [2.05, 4.69) is 58.7 Å². The van der Waals surface area contributed by atoms with Crippen LogP contribution in [0.25, 0.3) is 0 Å². The molecule has 0 atom stereocenters. The Morgan fingerprint density at radius 3 is 2.38 bits per heavy atom. The second-order valence-corrected chi connectivity index (χ2v) is 13.5. The van der Waals surface area contributed by atoms with Gasteiger partial charge in [-0.1, -0.05) is 23.7 Å². The summed E-state index contributed by atoms with van der Waals surface area (Å²) in [5.41, 5.74) is 3.65. The Morgan fingerprint density at radius 2 is 1.74 bits per heavy atom. The lowest BCUT2D eigenvalue weighted by molar-refractivity contribution is 0.216. The summed E-state index contributed by atoms with van der Waals surface area (Å²) in [7, 11) is 2.46. The fourth-order valence-electron chi connectivity index (χ4n) is 5.15. The Kier molecular flexibility index (Phi) is 9.03. The minimum Gasteiger partial charge on any atom is -0.495 e. The number of rotatable bonds is 9. The van der Waals surface area contributed by atoms with E-state index in [-0.39, 0.29) is 9.92 Å². The van der Waals surface area contributed by atoms with Crippen molar-refractivity contribution in [1.82, 2.24) is 14.9 Å². The topological polar surface area (TPSA) is 96.5 Å². The molecule has 210 valence electrons. The van der Waals surface area contributed by atoms with Crippen LogP contribution in [0.1, 0.15) is 56.6 Å². The Bertz CT molecular complexity index is 1420. The van der Waals surface area contributed by atoms with Crippen molar-refractivity contribution < 1.29 is 13.2 Å². The van der Waals surface area contributed by atoms with Gasteiger partial charge in [-0.05, 0) is 102 Å². The quantitative estimate of drug-likeness (QED) is 0.293. The van der Waals surface area contributed by atoms with Crippen LogP contribution in [0.4, 0.5) is 23.1 Å². The molecule has 1 saturated carbocycles. The van der Waals surface area contributed by atoms with Crippen LogP contribution in [0.3, 0.4) is 0 Å². The van der Waals surface area contributed by atoms with Crippen molar-refractivity contribution in [2.24, 2.45) is 0 Å². The molecule has 2 N–H and O–H groups in total. The molecule has 1 fully saturated rings. The number of hydrogen-bond donors (Lipinski definition) is 2. The third kappa shape index (κ3) is 6.48. The molecule has 0 bridgehead atoms. The Morgan fingerprint density at radius 1 is 1.05 bits per heavy atom. The highest BCUT2D eigenvalue weighted by Gasteiger charge is 2.26. The molecular weight excluding hydrogens is 534 g/mol. The van der Waals surface area contributed by atoms with Gasteiger partial charge < -0.3 is 20.3 Å². The maximum Gasteiger partial charge on any atom is 0.229 e. The highest BCUT2D eigenvalue weighted by molar-refractivity contribution is 7.92. The van der Waals surface area contributed by atoms with Gasteiger partial charge >= 0.3 is 0 Å². The number of sulfone groups is 1. The van der Waals surface area contributed by atoms with Gasteiger partial charge in [0, 0.05) is 6.04 Å². The van der Waals surface area contributed by atoms with Crippen molar-refractivity contribution in [1.29, 1.82) is 0 Å². The van der Waals surface area contributed by atoms with Crippen LogP contribution >= 0.6 is 11.6 Å². The highest BCUT2D eigenvalue weighted by atomic mass is 35.5. The van der Waals surface area contributed by atoms with E-state index in [9.17, 15) is 8.42 Å².